The zero-order valence-corrected chi connectivity index (χ0v) is 16.0. The summed E-state index contributed by atoms with van der Waals surface area (Å²) in [5, 5.41) is 3.22. The molecule has 0 aliphatic rings. The molecule has 3 aromatic rings. The number of halogens is 2. The Morgan fingerprint density at radius 2 is 1.85 bits per heavy atom. The summed E-state index contributed by atoms with van der Waals surface area (Å²) in [6, 6.07) is 16.4. The molecule has 0 atom stereocenters. The molecule has 2 aromatic carbocycles. The Hall–Kier alpha value is -2.70. The van der Waals surface area contributed by atoms with E-state index in [0.717, 1.165) is 10.4 Å². The molecule has 1 aromatic heterocycles. The predicted molar refractivity (Wildman–Crippen MR) is 107 cm³/mol. The van der Waals surface area contributed by atoms with Crippen LogP contribution < -0.4 is 5.32 Å². The largest absolute Gasteiger partial charge is 0.332 e. The maximum atomic E-state index is 13.0. The molecule has 0 bridgehead atoms. The smallest absolute Gasteiger partial charge is 0.264 e. The lowest BCUT2D eigenvalue weighted by molar-refractivity contribution is -0.116. The maximum absolute atomic E-state index is 13.0. The van der Waals surface area contributed by atoms with Crippen molar-refractivity contribution in [1.29, 1.82) is 0 Å². The normalized spacial score (nSPS) is 10.5. The number of thiophene rings is 1. The second-order valence-corrected chi connectivity index (χ2v) is 7.41. The van der Waals surface area contributed by atoms with Crippen LogP contribution in [0.5, 0.6) is 0 Å². The van der Waals surface area contributed by atoms with Gasteiger partial charge in [-0.2, -0.15) is 0 Å². The molecule has 138 valence electrons. The van der Waals surface area contributed by atoms with Crippen LogP contribution in [0.4, 0.5) is 10.1 Å². The van der Waals surface area contributed by atoms with E-state index in [1.807, 2.05) is 6.07 Å². The fourth-order valence-electron chi connectivity index (χ4n) is 2.46. The maximum Gasteiger partial charge on any atom is 0.264 e. The molecule has 7 heteroatoms. The number of anilines is 1. The Labute approximate surface area is 165 Å². The van der Waals surface area contributed by atoms with Crippen molar-refractivity contribution in [3.8, 4) is 10.4 Å². The van der Waals surface area contributed by atoms with Crippen LogP contribution in [-0.4, -0.2) is 30.3 Å². The Morgan fingerprint density at radius 1 is 1.11 bits per heavy atom. The van der Waals surface area contributed by atoms with Gasteiger partial charge in [0, 0.05) is 22.6 Å². The number of rotatable bonds is 5. The number of carbonyl (C=O) groups is 2. The van der Waals surface area contributed by atoms with Gasteiger partial charge in [0.25, 0.3) is 5.91 Å². The molecule has 0 fully saturated rings. The molecule has 0 unspecified atom stereocenters. The van der Waals surface area contributed by atoms with E-state index in [0.29, 0.717) is 15.6 Å². The SMILES string of the molecule is CN(CC(=O)Nc1cccc(Cl)c1)C(=O)c1ccc(-c2ccc(F)cc2)s1. The lowest BCUT2D eigenvalue weighted by Crippen LogP contribution is -2.34. The number of benzene rings is 2. The van der Waals surface area contributed by atoms with Gasteiger partial charge in [-0.1, -0.05) is 29.8 Å². The van der Waals surface area contributed by atoms with Gasteiger partial charge < -0.3 is 10.2 Å². The number of nitrogens with one attached hydrogen (secondary N) is 1. The summed E-state index contributed by atoms with van der Waals surface area (Å²) < 4.78 is 13.0. The molecule has 4 nitrogen and oxygen atoms in total. The van der Waals surface area contributed by atoms with Crippen LogP contribution in [0.2, 0.25) is 5.02 Å². The predicted octanol–water partition coefficient (Wildman–Crippen LogP) is 4.92. The number of likely N-dealkylation sites (N-methyl/N-ethyl adjacent to an activating group) is 1. The first kappa shape index (κ1) is 19.1. The molecule has 3 rings (SSSR count). The first-order chi connectivity index (χ1) is 12.9. The highest BCUT2D eigenvalue weighted by molar-refractivity contribution is 7.17. The highest BCUT2D eigenvalue weighted by Crippen LogP contribution is 2.28. The molecule has 27 heavy (non-hydrogen) atoms. The molecule has 0 spiro atoms. The first-order valence-corrected chi connectivity index (χ1v) is 9.28. The minimum Gasteiger partial charge on any atom is -0.332 e. The summed E-state index contributed by atoms with van der Waals surface area (Å²) in [6.07, 6.45) is 0. The van der Waals surface area contributed by atoms with Gasteiger partial charge in [0.1, 0.15) is 5.82 Å². The van der Waals surface area contributed by atoms with Crippen molar-refractivity contribution in [3.05, 3.63) is 76.4 Å². The summed E-state index contributed by atoms with van der Waals surface area (Å²) in [4.78, 5) is 27.4. The third-order valence-corrected chi connectivity index (χ3v) is 5.14. The quantitative estimate of drug-likeness (QED) is 0.658. The van der Waals surface area contributed by atoms with Crippen LogP contribution in [0.25, 0.3) is 10.4 Å². The number of nitrogens with zero attached hydrogens (tertiary/aromatic N) is 1. The van der Waals surface area contributed by atoms with E-state index in [1.54, 1.807) is 49.5 Å². The van der Waals surface area contributed by atoms with Crippen molar-refractivity contribution in [2.24, 2.45) is 0 Å². The molecule has 1 heterocycles. The van der Waals surface area contributed by atoms with Crippen LogP contribution in [-0.2, 0) is 4.79 Å². The molecule has 0 radical (unpaired) electrons. The van der Waals surface area contributed by atoms with Crippen LogP contribution in [0.15, 0.2) is 60.7 Å². The summed E-state index contributed by atoms with van der Waals surface area (Å²) in [6.45, 7) is -0.0882. The van der Waals surface area contributed by atoms with Gasteiger partial charge in [0.15, 0.2) is 0 Å². The van der Waals surface area contributed by atoms with E-state index in [9.17, 15) is 14.0 Å². The third kappa shape index (κ3) is 4.93. The molecular formula is C20H16ClFN2O2S. The minimum atomic E-state index is -0.316. The second kappa shape index (κ2) is 8.33. The van der Waals surface area contributed by atoms with E-state index >= 15 is 0 Å². The van der Waals surface area contributed by atoms with Crippen LogP contribution in [0.3, 0.4) is 0 Å². The van der Waals surface area contributed by atoms with Crippen molar-refractivity contribution < 1.29 is 14.0 Å². The average Bonchev–Trinajstić information content (AvgIpc) is 3.11. The standard InChI is InChI=1S/C20H16ClFN2O2S/c1-24(12-19(25)23-16-4-2-3-14(21)11-16)20(26)18-10-9-17(27-18)13-5-7-15(22)8-6-13/h2-11H,12H2,1H3,(H,23,25). The van der Waals surface area contributed by atoms with Crippen molar-refractivity contribution in [1.82, 2.24) is 4.90 Å². The lowest BCUT2D eigenvalue weighted by atomic mass is 10.2. The van der Waals surface area contributed by atoms with E-state index in [1.165, 1.54) is 28.4 Å². The molecule has 0 saturated carbocycles. The first-order valence-electron chi connectivity index (χ1n) is 8.09. The lowest BCUT2D eigenvalue weighted by Gasteiger charge is -2.16. The summed E-state index contributed by atoms with van der Waals surface area (Å²) in [5.74, 6) is -0.880. The minimum absolute atomic E-state index is 0.0882. The molecule has 0 aliphatic carbocycles. The Bertz CT molecular complexity index is 972. The third-order valence-electron chi connectivity index (χ3n) is 3.78. The number of hydrogen-bond donors (Lipinski definition) is 1. The molecule has 2 amide bonds. The fourth-order valence-corrected chi connectivity index (χ4v) is 3.66. The van der Waals surface area contributed by atoms with Crippen LogP contribution in [0, 0.1) is 5.82 Å². The zero-order chi connectivity index (χ0) is 19.4. The molecular weight excluding hydrogens is 387 g/mol. The highest BCUT2D eigenvalue weighted by Gasteiger charge is 2.17. The Balaban J connectivity index is 1.63. The van der Waals surface area contributed by atoms with Gasteiger partial charge >= 0.3 is 0 Å². The van der Waals surface area contributed by atoms with Crippen molar-refractivity contribution in [2.75, 3.05) is 18.9 Å². The van der Waals surface area contributed by atoms with Crippen molar-refractivity contribution >= 4 is 40.4 Å². The Morgan fingerprint density at radius 3 is 2.56 bits per heavy atom. The molecule has 0 aliphatic heterocycles. The van der Waals surface area contributed by atoms with Gasteiger partial charge in [0.05, 0.1) is 11.4 Å². The Kier molecular flexibility index (Phi) is 5.88. The monoisotopic (exact) mass is 402 g/mol. The van der Waals surface area contributed by atoms with Crippen LogP contribution in [0.1, 0.15) is 9.67 Å². The summed E-state index contributed by atoms with van der Waals surface area (Å²) >= 11 is 7.19. The van der Waals surface area contributed by atoms with E-state index in [4.69, 9.17) is 11.6 Å². The highest BCUT2D eigenvalue weighted by atomic mass is 35.5. The van der Waals surface area contributed by atoms with Gasteiger partial charge in [-0.3, -0.25) is 9.59 Å². The zero-order valence-electron chi connectivity index (χ0n) is 14.4. The summed E-state index contributed by atoms with van der Waals surface area (Å²) in [7, 11) is 1.57. The van der Waals surface area contributed by atoms with E-state index < -0.39 is 0 Å². The molecule has 0 saturated heterocycles. The van der Waals surface area contributed by atoms with E-state index in [2.05, 4.69) is 5.32 Å². The van der Waals surface area contributed by atoms with Gasteiger partial charge in [-0.05, 0) is 48.0 Å². The second-order valence-electron chi connectivity index (χ2n) is 5.89. The summed E-state index contributed by atoms with van der Waals surface area (Å²) in [5.41, 5.74) is 1.41. The van der Waals surface area contributed by atoms with Gasteiger partial charge in [-0.25, -0.2) is 4.39 Å². The number of carbonyl (C=O) groups excluding carboxylic acids is 2. The fraction of sp³-hybridized carbons (Fsp3) is 0.100. The van der Waals surface area contributed by atoms with Gasteiger partial charge in [-0.15, -0.1) is 11.3 Å². The average molecular weight is 403 g/mol. The number of hydrogen-bond acceptors (Lipinski definition) is 3. The van der Waals surface area contributed by atoms with Crippen molar-refractivity contribution in [3.63, 3.8) is 0 Å². The van der Waals surface area contributed by atoms with E-state index in [-0.39, 0.29) is 24.2 Å². The van der Waals surface area contributed by atoms with Gasteiger partial charge in [0.2, 0.25) is 5.91 Å². The number of amides is 2. The molecule has 1 N–H and O–H groups in total. The van der Waals surface area contributed by atoms with Crippen LogP contribution >= 0.6 is 22.9 Å². The van der Waals surface area contributed by atoms with Crippen molar-refractivity contribution in [2.45, 2.75) is 0 Å². The topological polar surface area (TPSA) is 49.4 Å².